The molecule has 8 heteroatoms. The van der Waals surface area contributed by atoms with Crippen molar-refractivity contribution in [1.29, 1.82) is 0 Å². The van der Waals surface area contributed by atoms with E-state index in [1.807, 2.05) is 17.0 Å². The second kappa shape index (κ2) is 9.54. The standard InChI is InChI=1S/C25H28N6O2/c32-23(29-13-15-30(16-14-29)25-27-9-4-10-28-25)17-22-24(33)26-11-12-31(22)18-20-7-3-6-19-5-1-2-8-21(19)20/h1-10,22H,11-18H2,(H,26,33). The van der Waals surface area contributed by atoms with Crippen molar-refractivity contribution in [3.8, 4) is 0 Å². The van der Waals surface area contributed by atoms with Crippen LogP contribution in [0.15, 0.2) is 60.9 Å². The topological polar surface area (TPSA) is 81.7 Å². The minimum atomic E-state index is -0.458. The van der Waals surface area contributed by atoms with Crippen LogP contribution in [0, 0.1) is 0 Å². The van der Waals surface area contributed by atoms with Gasteiger partial charge in [0, 0.05) is 58.2 Å². The van der Waals surface area contributed by atoms with Crippen LogP contribution in [0.25, 0.3) is 10.8 Å². The van der Waals surface area contributed by atoms with Crippen LogP contribution in [0.5, 0.6) is 0 Å². The Labute approximate surface area is 193 Å². The molecule has 2 amide bonds. The van der Waals surface area contributed by atoms with Crippen molar-refractivity contribution in [1.82, 2.24) is 25.1 Å². The van der Waals surface area contributed by atoms with Crippen molar-refractivity contribution < 1.29 is 9.59 Å². The number of carbonyl (C=O) groups is 2. The van der Waals surface area contributed by atoms with Gasteiger partial charge in [-0.3, -0.25) is 14.5 Å². The van der Waals surface area contributed by atoms with E-state index in [1.165, 1.54) is 16.3 Å². The van der Waals surface area contributed by atoms with Gasteiger partial charge in [0.05, 0.1) is 12.5 Å². The van der Waals surface area contributed by atoms with Crippen LogP contribution in [0.3, 0.4) is 0 Å². The zero-order valence-electron chi connectivity index (χ0n) is 18.6. The Morgan fingerprint density at radius 3 is 2.52 bits per heavy atom. The Morgan fingerprint density at radius 1 is 0.939 bits per heavy atom. The van der Waals surface area contributed by atoms with E-state index in [2.05, 4.69) is 55.4 Å². The number of rotatable bonds is 5. The van der Waals surface area contributed by atoms with Crippen molar-refractivity contribution in [2.24, 2.45) is 0 Å². The van der Waals surface area contributed by atoms with Gasteiger partial charge >= 0.3 is 0 Å². The molecule has 3 aromatic rings. The molecular weight excluding hydrogens is 416 g/mol. The Hall–Kier alpha value is -3.52. The quantitative estimate of drug-likeness (QED) is 0.645. The summed E-state index contributed by atoms with van der Waals surface area (Å²) in [5.74, 6) is 0.650. The number of aromatic nitrogens is 2. The molecule has 2 aliphatic heterocycles. The van der Waals surface area contributed by atoms with Crippen LogP contribution in [0.1, 0.15) is 12.0 Å². The third-order valence-electron chi connectivity index (χ3n) is 6.53. The molecule has 8 nitrogen and oxygen atoms in total. The number of nitrogens with zero attached hydrogens (tertiary/aromatic N) is 5. The summed E-state index contributed by atoms with van der Waals surface area (Å²) in [7, 11) is 0. The predicted octanol–water partition coefficient (Wildman–Crippen LogP) is 1.67. The predicted molar refractivity (Wildman–Crippen MR) is 127 cm³/mol. The summed E-state index contributed by atoms with van der Waals surface area (Å²) in [6.45, 7) is 4.56. The number of hydrogen-bond donors (Lipinski definition) is 1. The number of hydrogen-bond acceptors (Lipinski definition) is 6. The number of benzene rings is 2. The molecule has 0 radical (unpaired) electrons. The largest absolute Gasteiger partial charge is 0.353 e. The summed E-state index contributed by atoms with van der Waals surface area (Å²) in [6.07, 6.45) is 3.65. The Morgan fingerprint density at radius 2 is 1.70 bits per heavy atom. The van der Waals surface area contributed by atoms with Crippen LogP contribution in [0.4, 0.5) is 5.95 Å². The minimum absolute atomic E-state index is 0.0219. The Balaban J connectivity index is 1.25. The van der Waals surface area contributed by atoms with Crippen molar-refractivity contribution in [2.45, 2.75) is 19.0 Å². The molecule has 2 aromatic carbocycles. The first-order chi connectivity index (χ1) is 16.2. The summed E-state index contributed by atoms with van der Waals surface area (Å²) in [6, 6.07) is 15.9. The van der Waals surface area contributed by atoms with E-state index in [1.54, 1.807) is 18.5 Å². The van der Waals surface area contributed by atoms with E-state index < -0.39 is 6.04 Å². The first-order valence-electron chi connectivity index (χ1n) is 11.5. The third kappa shape index (κ3) is 4.66. The van der Waals surface area contributed by atoms with Gasteiger partial charge in [0.2, 0.25) is 17.8 Å². The van der Waals surface area contributed by atoms with Crippen LogP contribution in [-0.2, 0) is 16.1 Å². The average molecular weight is 445 g/mol. The molecule has 1 N–H and O–H groups in total. The van der Waals surface area contributed by atoms with E-state index in [9.17, 15) is 9.59 Å². The molecule has 1 unspecified atom stereocenters. The lowest BCUT2D eigenvalue weighted by atomic mass is 10.0. The lowest BCUT2D eigenvalue weighted by Gasteiger charge is -2.38. The molecule has 2 fully saturated rings. The van der Waals surface area contributed by atoms with E-state index in [-0.39, 0.29) is 18.2 Å². The normalized spacial score (nSPS) is 19.5. The molecule has 0 spiro atoms. The van der Waals surface area contributed by atoms with Gasteiger partial charge in [-0.2, -0.15) is 0 Å². The van der Waals surface area contributed by atoms with Crippen LogP contribution in [-0.4, -0.2) is 76.9 Å². The minimum Gasteiger partial charge on any atom is -0.353 e. The molecule has 0 aliphatic carbocycles. The molecule has 1 atom stereocenters. The van der Waals surface area contributed by atoms with Gasteiger partial charge in [-0.15, -0.1) is 0 Å². The zero-order valence-corrected chi connectivity index (χ0v) is 18.6. The van der Waals surface area contributed by atoms with E-state index >= 15 is 0 Å². The van der Waals surface area contributed by atoms with Gasteiger partial charge in [0.15, 0.2) is 0 Å². The Kier molecular flexibility index (Phi) is 6.17. The maximum absolute atomic E-state index is 13.1. The second-order valence-corrected chi connectivity index (χ2v) is 8.54. The van der Waals surface area contributed by atoms with Crippen molar-refractivity contribution in [3.05, 3.63) is 66.5 Å². The summed E-state index contributed by atoms with van der Waals surface area (Å²) < 4.78 is 0. The SMILES string of the molecule is O=C1NCCN(Cc2cccc3ccccc23)C1CC(=O)N1CCN(c2ncccn2)CC1. The fraction of sp³-hybridized carbons (Fsp3) is 0.360. The van der Waals surface area contributed by atoms with E-state index in [0.717, 1.165) is 6.54 Å². The number of piperazine rings is 2. The summed E-state index contributed by atoms with van der Waals surface area (Å²) in [4.78, 5) is 40.6. The molecule has 5 rings (SSSR count). The van der Waals surface area contributed by atoms with Crippen molar-refractivity contribution >= 4 is 28.5 Å². The van der Waals surface area contributed by atoms with E-state index in [4.69, 9.17) is 0 Å². The van der Waals surface area contributed by atoms with Crippen molar-refractivity contribution in [3.63, 3.8) is 0 Å². The van der Waals surface area contributed by atoms with Gasteiger partial charge in [0.1, 0.15) is 0 Å². The van der Waals surface area contributed by atoms with Gasteiger partial charge in [-0.05, 0) is 22.4 Å². The first kappa shape index (κ1) is 21.3. The molecule has 0 bridgehead atoms. The van der Waals surface area contributed by atoms with Gasteiger partial charge in [-0.25, -0.2) is 9.97 Å². The monoisotopic (exact) mass is 444 g/mol. The molecule has 2 saturated heterocycles. The summed E-state index contributed by atoms with van der Waals surface area (Å²) >= 11 is 0. The van der Waals surface area contributed by atoms with Crippen LogP contribution >= 0.6 is 0 Å². The highest BCUT2D eigenvalue weighted by Gasteiger charge is 2.34. The van der Waals surface area contributed by atoms with Gasteiger partial charge in [-0.1, -0.05) is 42.5 Å². The number of amides is 2. The number of fused-ring (bicyclic) bond motifs is 1. The third-order valence-corrected chi connectivity index (χ3v) is 6.53. The van der Waals surface area contributed by atoms with Crippen LogP contribution in [0.2, 0.25) is 0 Å². The first-order valence-corrected chi connectivity index (χ1v) is 11.5. The highest BCUT2D eigenvalue weighted by atomic mass is 16.2. The fourth-order valence-electron chi connectivity index (χ4n) is 4.73. The molecule has 1 aromatic heterocycles. The average Bonchev–Trinajstić information content (AvgIpc) is 2.87. The maximum atomic E-state index is 13.1. The zero-order chi connectivity index (χ0) is 22.6. The lowest BCUT2D eigenvalue weighted by molar-refractivity contribution is -0.139. The molecule has 2 aliphatic rings. The Bertz CT molecular complexity index is 1120. The summed E-state index contributed by atoms with van der Waals surface area (Å²) in [5.41, 5.74) is 1.18. The molecule has 170 valence electrons. The lowest BCUT2D eigenvalue weighted by Crippen LogP contribution is -2.57. The highest BCUT2D eigenvalue weighted by molar-refractivity contribution is 5.89. The van der Waals surface area contributed by atoms with E-state index in [0.29, 0.717) is 45.2 Å². The second-order valence-electron chi connectivity index (χ2n) is 8.54. The molecule has 0 saturated carbocycles. The smallest absolute Gasteiger partial charge is 0.237 e. The highest BCUT2D eigenvalue weighted by Crippen LogP contribution is 2.23. The number of nitrogens with one attached hydrogen (secondary N) is 1. The molecule has 3 heterocycles. The van der Waals surface area contributed by atoms with Gasteiger partial charge < -0.3 is 15.1 Å². The van der Waals surface area contributed by atoms with Gasteiger partial charge in [0.25, 0.3) is 0 Å². The molecule has 33 heavy (non-hydrogen) atoms. The van der Waals surface area contributed by atoms with Crippen LogP contribution < -0.4 is 10.2 Å². The van der Waals surface area contributed by atoms with Crippen molar-refractivity contribution in [2.75, 3.05) is 44.2 Å². The number of anilines is 1. The number of carbonyl (C=O) groups excluding carboxylic acids is 2. The molecular formula is C25H28N6O2. The maximum Gasteiger partial charge on any atom is 0.237 e. The summed E-state index contributed by atoms with van der Waals surface area (Å²) in [5, 5.41) is 5.32. The fourth-order valence-corrected chi connectivity index (χ4v) is 4.73.